The molecule has 0 bridgehead atoms. The standard InChI is InChI=1S/C22H22N4O5S4/c1-13-23-19-18(32-13)8-7-17-20(19)33-22(24-17)25-21(27)14-9-11-26(12-10-14)35(30,31)16-5-3-15(4-6-16)34(2,28)29/h3-8,14H,9-12H2,1-2H3,(H,24,25,27). The van der Waals surface area contributed by atoms with Gasteiger partial charge in [-0.05, 0) is 56.2 Å². The van der Waals surface area contributed by atoms with Gasteiger partial charge in [-0.25, -0.2) is 26.8 Å². The number of carbonyl (C=O) groups is 1. The normalized spacial score (nSPS) is 16.2. The number of aryl methyl sites for hydroxylation is 1. The molecule has 184 valence electrons. The van der Waals surface area contributed by atoms with Gasteiger partial charge in [-0.2, -0.15) is 4.31 Å². The molecule has 0 unspecified atom stereocenters. The van der Waals surface area contributed by atoms with Gasteiger partial charge in [0.25, 0.3) is 0 Å². The van der Waals surface area contributed by atoms with E-state index in [0.717, 1.165) is 31.7 Å². The second-order valence-corrected chi connectivity index (χ2v) is 14.6. The Morgan fingerprint density at radius 2 is 1.63 bits per heavy atom. The molecule has 1 amide bonds. The molecule has 1 N–H and O–H groups in total. The van der Waals surface area contributed by atoms with Crippen LogP contribution in [0.4, 0.5) is 5.13 Å². The van der Waals surface area contributed by atoms with Gasteiger partial charge < -0.3 is 5.32 Å². The molecule has 5 rings (SSSR count). The summed E-state index contributed by atoms with van der Waals surface area (Å²) in [5.74, 6) is -0.507. The van der Waals surface area contributed by atoms with E-state index in [9.17, 15) is 21.6 Å². The zero-order valence-electron chi connectivity index (χ0n) is 18.9. The number of thiazole rings is 2. The highest BCUT2D eigenvalue weighted by Crippen LogP contribution is 2.35. The SMILES string of the molecule is Cc1nc2c(ccc3nc(NC(=O)C4CCN(S(=O)(=O)c5ccc(S(C)(=O)=O)cc5)CC4)sc32)s1. The van der Waals surface area contributed by atoms with Crippen LogP contribution < -0.4 is 5.32 Å². The summed E-state index contributed by atoms with van der Waals surface area (Å²) < 4.78 is 52.6. The third-order valence-electron chi connectivity index (χ3n) is 5.97. The van der Waals surface area contributed by atoms with E-state index in [0.29, 0.717) is 18.0 Å². The number of aromatic nitrogens is 2. The van der Waals surface area contributed by atoms with E-state index in [-0.39, 0.29) is 34.7 Å². The zero-order valence-corrected chi connectivity index (χ0v) is 22.2. The van der Waals surface area contributed by atoms with Crippen LogP contribution in [0.2, 0.25) is 0 Å². The maximum atomic E-state index is 13.0. The molecule has 1 fully saturated rings. The predicted molar refractivity (Wildman–Crippen MR) is 137 cm³/mol. The zero-order chi connectivity index (χ0) is 25.0. The van der Waals surface area contributed by atoms with Crippen LogP contribution >= 0.6 is 22.7 Å². The van der Waals surface area contributed by atoms with Crippen molar-refractivity contribution in [1.29, 1.82) is 0 Å². The summed E-state index contributed by atoms with van der Waals surface area (Å²) in [4.78, 5) is 22.1. The van der Waals surface area contributed by atoms with Gasteiger partial charge in [0.15, 0.2) is 15.0 Å². The summed E-state index contributed by atoms with van der Waals surface area (Å²) in [7, 11) is -7.19. The molecule has 13 heteroatoms. The topological polar surface area (TPSA) is 126 Å². The lowest BCUT2D eigenvalue weighted by molar-refractivity contribution is -0.120. The number of sulfone groups is 1. The molecule has 0 radical (unpaired) electrons. The Morgan fingerprint density at radius 3 is 2.29 bits per heavy atom. The third-order valence-corrected chi connectivity index (χ3v) is 10.9. The highest BCUT2D eigenvalue weighted by Gasteiger charge is 2.32. The minimum atomic E-state index is -3.78. The number of sulfonamides is 1. The van der Waals surface area contributed by atoms with Crippen molar-refractivity contribution in [3.05, 3.63) is 41.4 Å². The van der Waals surface area contributed by atoms with Crippen molar-refractivity contribution in [2.45, 2.75) is 29.6 Å². The molecule has 0 atom stereocenters. The molecule has 0 aliphatic carbocycles. The minimum absolute atomic E-state index is 0.0332. The van der Waals surface area contributed by atoms with E-state index in [1.54, 1.807) is 11.3 Å². The van der Waals surface area contributed by atoms with Crippen molar-refractivity contribution in [3.63, 3.8) is 0 Å². The molecule has 0 spiro atoms. The van der Waals surface area contributed by atoms with Gasteiger partial charge in [0.2, 0.25) is 15.9 Å². The fourth-order valence-electron chi connectivity index (χ4n) is 4.11. The Bertz CT molecular complexity index is 1650. The molecule has 35 heavy (non-hydrogen) atoms. The van der Waals surface area contributed by atoms with Crippen LogP contribution in [0.15, 0.2) is 46.2 Å². The van der Waals surface area contributed by atoms with Crippen LogP contribution in [0, 0.1) is 12.8 Å². The summed E-state index contributed by atoms with van der Waals surface area (Å²) >= 11 is 3.00. The molecule has 1 saturated heterocycles. The molecule has 2 aromatic carbocycles. The predicted octanol–water partition coefficient (Wildman–Crippen LogP) is 3.66. The first kappa shape index (κ1) is 24.3. The van der Waals surface area contributed by atoms with Crippen molar-refractivity contribution >= 4 is 74.0 Å². The van der Waals surface area contributed by atoms with Crippen molar-refractivity contribution in [2.75, 3.05) is 24.7 Å². The number of nitrogens with one attached hydrogen (secondary N) is 1. The summed E-state index contributed by atoms with van der Waals surface area (Å²) in [6.07, 6.45) is 1.83. The van der Waals surface area contributed by atoms with Crippen molar-refractivity contribution in [2.24, 2.45) is 5.92 Å². The first-order chi connectivity index (χ1) is 16.5. The van der Waals surface area contributed by atoms with E-state index in [4.69, 9.17) is 0 Å². The number of hydrogen-bond acceptors (Lipinski definition) is 9. The van der Waals surface area contributed by atoms with E-state index < -0.39 is 19.9 Å². The van der Waals surface area contributed by atoms with Crippen LogP contribution in [0.5, 0.6) is 0 Å². The van der Waals surface area contributed by atoms with Gasteiger partial charge in [-0.3, -0.25) is 4.79 Å². The first-order valence-corrected chi connectivity index (χ1v) is 15.8. The number of carbonyl (C=O) groups excluding carboxylic acids is 1. The van der Waals surface area contributed by atoms with Gasteiger partial charge >= 0.3 is 0 Å². The molecule has 9 nitrogen and oxygen atoms in total. The summed E-state index contributed by atoms with van der Waals surface area (Å²) in [5.41, 5.74) is 1.68. The number of hydrogen-bond donors (Lipinski definition) is 1. The molecule has 1 aliphatic rings. The van der Waals surface area contributed by atoms with E-state index in [1.807, 2.05) is 19.1 Å². The lowest BCUT2D eigenvalue weighted by Crippen LogP contribution is -2.41. The summed E-state index contributed by atoms with van der Waals surface area (Å²) in [5, 5.41) is 4.37. The molecule has 0 saturated carbocycles. The molecular formula is C22H22N4O5S4. The van der Waals surface area contributed by atoms with Crippen LogP contribution in [0.1, 0.15) is 17.8 Å². The Balaban J connectivity index is 1.25. The highest BCUT2D eigenvalue weighted by atomic mass is 32.2. The lowest BCUT2D eigenvalue weighted by Gasteiger charge is -2.30. The second-order valence-electron chi connectivity index (χ2n) is 8.42. The van der Waals surface area contributed by atoms with Crippen molar-refractivity contribution in [1.82, 2.24) is 14.3 Å². The Kier molecular flexibility index (Phi) is 6.16. The molecule has 3 heterocycles. The maximum Gasteiger partial charge on any atom is 0.243 e. The maximum absolute atomic E-state index is 13.0. The van der Waals surface area contributed by atoms with Crippen LogP contribution in [0.25, 0.3) is 20.4 Å². The van der Waals surface area contributed by atoms with Gasteiger partial charge in [0.05, 0.1) is 29.7 Å². The number of benzene rings is 2. The largest absolute Gasteiger partial charge is 0.302 e. The number of rotatable bonds is 5. The lowest BCUT2D eigenvalue weighted by atomic mass is 9.97. The minimum Gasteiger partial charge on any atom is -0.302 e. The fraction of sp³-hybridized carbons (Fsp3) is 0.318. The highest BCUT2D eigenvalue weighted by molar-refractivity contribution is 7.90. The second kappa shape index (κ2) is 8.89. The fourth-order valence-corrected chi connectivity index (χ4v) is 8.07. The molecule has 2 aromatic heterocycles. The van der Waals surface area contributed by atoms with E-state index in [1.165, 1.54) is 39.9 Å². The van der Waals surface area contributed by atoms with Gasteiger partial charge in [0, 0.05) is 25.3 Å². The monoisotopic (exact) mass is 550 g/mol. The smallest absolute Gasteiger partial charge is 0.243 e. The van der Waals surface area contributed by atoms with Gasteiger partial charge in [-0.15, -0.1) is 11.3 Å². The van der Waals surface area contributed by atoms with E-state index >= 15 is 0 Å². The number of piperidine rings is 1. The quantitative estimate of drug-likeness (QED) is 0.402. The van der Waals surface area contributed by atoms with Crippen molar-refractivity contribution < 1.29 is 21.6 Å². The number of nitrogens with zero attached hydrogens (tertiary/aromatic N) is 3. The molecule has 1 aliphatic heterocycles. The Hall–Kier alpha value is -2.45. The average molecular weight is 551 g/mol. The summed E-state index contributed by atoms with van der Waals surface area (Å²) in [6, 6.07) is 9.10. The average Bonchev–Trinajstić information content (AvgIpc) is 3.40. The van der Waals surface area contributed by atoms with Gasteiger partial charge in [0.1, 0.15) is 5.52 Å². The van der Waals surface area contributed by atoms with Crippen LogP contribution in [0.3, 0.4) is 0 Å². The molecule has 4 aromatic rings. The first-order valence-electron chi connectivity index (χ1n) is 10.8. The third kappa shape index (κ3) is 4.70. The van der Waals surface area contributed by atoms with Crippen molar-refractivity contribution in [3.8, 4) is 0 Å². The number of fused-ring (bicyclic) bond motifs is 3. The van der Waals surface area contributed by atoms with Crippen LogP contribution in [-0.2, 0) is 24.7 Å². The Labute approximate surface area is 210 Å². The molecular weight excluding hydrogens is 529 g/mol. The Morgan fingerprint density at radius 1 is 0.971 bits per heavy atom. The van der Waals surface area contributed by atoms with Crippen LogP contribution in [-0.4, -0.2) is 56.4 Å². The summed E-state index contributed by atoms with van der Waals surface area (Å²) in [6.45, 7) is 2.36. The van der Waals surface area contributed by atoms with Gasteiger partial charge in [-0.1, -0.05) is 11.3 Å². The van der Waals surface area contributed by atoms with E-state index in [2.05, 4.69) is 15.3 Å². The number of anilines is 1. The number of amides is 1.